The molecule has 19 heavy (non-hydrogen) atoms. The van der Waals surface area contributed by atoms with E-state index in [0.717, 1.165) is 30.0 Å². The number of benzene rings is 1. The Morgan fingerprint density at radius 1 is 1.47 bits per heavy atom. The van der Waals surface area contributed by atoms with Gasteiger partial charge in [0.1, 0.15) is 5.75 Å². The van der Waals surface area contributed by atoms with E-state index >= 15 is 0 Å². The van der Waals surface area contributed by atoms with Crippen molar-refractivity contribution in [3.8, 4) is 5.75 Å². The molecule has 0 aromatic heterocycles. The van der Waals surface area contributed by atoms with Crippen molar-refractivity contribution in [2.45, 2.75) is 26.3 Å². The van der Waals surface area contributed by atoms with Crippen molar-refractivity contribution in [3.63, 3.8) is 0 Å². The number of ether oxygens (including phenoxy) is 1. The minimum Gasteiger partial charge on any atom is -0.497 e. The van der Waals surface area contributed by atoms with Crippen LogP contribution in [0, 0.1) is 5.92 Å². The van der Waals surface area contributed by atoms with E-state index in [-0.39, 0.29) is 5.84 Å². The lowest BCUT2D eigenvalue weighted by Gasteiger charge is -2.26. The van der Waals surface area contributed by atoms with E-state index in [1.54, 1.807) is 7.11 Å². The van der Waals surface area contributed by atoms with Crippen LogP contribution < -0.4 is 15.4 Å². The molecule has 0 radical (unpaired) electrons. The van der Waals surface area contributed by atoms with Gasteiger partial charge in [0, 0.05) is 24.2 Å². The number of methoxy groups -OCH3 is 1. The first-order valence-electron chi connectivity index (χ1n) is 6.49. The highest BCUT2D eigenvalue weighted by atomic mass is 16.5. The predicted molar refractivity (Wildman–Crippen MR) is 76.1 cm³/mol. The summed E-state index contributed by atoms with van der Waals surface area (Å²) in [4.78, 5) is 2.29. The van der Waals surface area contributed by atoms with Crippen LogP contribution in [0.2, 0.25) is 0 Å². The first-order chi connectivity index (χ1) is 9.06. The summed E-state index contributed by atoms with van der Waals surface area (Å²) in [5.41, 5.74) is 7.47. The first kappa shape index (κ1) is 13.5. The normalized spacial score (nSPS) is 23.7. The zero-order chi connectivity index (χ0) is 14.0. The smallest absolute Gasteiger partial charge is 0.172 e. The van der Waals surface area contributed by atoms with Gasteiger partial charge < -0.3 is 20.6 Å². The van der Waals surface area contributed by atoms with Gasteiger partial charge in [0.05, 0.1) is 12.8 Å². The monoisotopic (exact) mass is 263 g/mol. The van der Waals surface area contributed by atoms with Gasteiger partial charge in [0.15, 0.2) is 5.84 Å². The lowest BCUT2D eigenvalue weighted by atomic mass is 10.1. The Balaban J connectivity index is 2.46. The Labute approximate surface area is 113 Å². The second kappa shape index (κ2) is 5.38. The van der Waals surface area contributed by atoms with Crippen molar-refractivity contribution in [2.75, 3.05) is 18.6 Å². The number of rotatable bonds is 3. The van der Waals surface area contributed by atoms with Crippen molar-refractivity contribution >= 4 is 11.5 Å². The van der Waals surface area contributed by atoms with Crippen molar-refractivity contribution in [1.29, 1.82) is 0 Å². The van der Waals surface area contributed by atoms with Gasteiger partial charge >= 0.3 is 0 Å². The number of nitrogens with zero attached hydrogens (tertiary/aromatic N) is 2. The van der Waals surface area contributed by atoms with Crippen LogP contribution in [-0.2, 0) is 0 Å². The fourth-order valence-electron chi connectivity index (χ4n) is 2.78. The summed E-state index contributed by atoms with van der Waals surface area (Å²) in [6.45, 7) is 5.40. The van der Waals surface area contributed by atoms with E-state index in [2.05, 4.69) is 23.9 Å². The van der Waals surface area contributed by atoms with Crippen LogP contribution in [-0.4, -0.2) is 30.7 Å². The van der Waals surface area contributed by atoms with E-state index in [4.69, 9.17) is 15.7 Å². The molecule has 0 amide bonds. The average Bonchev–Trinajstić information content (AvgIpc) is 2.76. The molecule has 2 unspecified atom stereocenters. The number of nitrogens with two attached hydrogens (primary N) is 1. The van der Waals surface area contributed by atoms with Gasteiger partial charge in [-0.2, -0.15) is 0 Å². The van der Waals surface area contributed by atoms with Gasteiger partial charge in [-0.05, 0) is 31.4 Å². The predicted octanol–water partition coefficient (Wildman–Crippen LogP) is 2.02. The third-order valence-electron chi connectivity index (χ3n) is 3.68. The van der Waals surface area contributed by atoms with E-state index in [0.29, 0.717) is 12.0 Å². The zero-order valence-electron chi connectivity index (χ0n) is 11.6. The largest absolute Gasteiger partial charge is 0.497 e. The summed E-state index contributed by atoms with van der Waals surface area (Å²) in [6, 6.07) is 6.04. The highest BCUT2D eigenvalue weighted by molar-refractivity contribution is 6.02. The maximum absolute atomic E-state index is 8.91. The molecule has 0 bridgehead atoms. The Morgan fingerprint density at radius 3 is 2.74 bits per heavy atom. The van der Waals surface area contributed by atoms with Crippen molar-refractivity contribution in [1.82, 2.24) is 0 Å². The van der Waals surface area contributed by atoms with Crippen LogP contribution in [0.5, 0.6) is 5.75 Å². The second-order valence-electron chi connectivity index (χ2n) is 5.21. The standard InChI is InChI=1S/C14H21N3O2/c1-9-6-10(2)17(8-9)13-7-11(19-3)4-5-12(13)14(15)16-18/h4-5,7,9-10,18H,6,8H2,1-3H3,(H2,15,16). The molecule has 1 aromatic carbocycles. The topological polar surface area (TPSA) is 71.1 Å². The summed E-state index contributed by atoms with van der Waals surface area (Å²) < 4.78 is 5.28. The number of oxime groups is 1. The third kappa shape index (κ3) is 2.59. The summed E-state index contributed by atoms with van der Waals surface area (Å²) >= 11 is 0. The van der Waals surface area contributed by atoms with Gasteiger partial charge in [0.25, 0.3) is 0 Å². The Kier molecular flexibility index (Phi) is 3.83. The molecule has 1 aromatic rings. The summed E-state index contributed by atoms with van der Waals surface area (Å²) in [6.07, 6.45) is 1.15. The number of amidine groups is 1. The van der Waals surface area contributed by atoms with E-state index < -0.39 is 0 Å². The maximum atomic E-state index is 8.91. The maximum Gasteiger partial charge on any atom is 0.172 e. The molecule has 104 valence electrons. The third-order valence-corrected chi connectivity index (χ3v) is 3.68. The molecule has 1 aliphatic heterocycles. The fourth-order valence-corrected chi connectivity index (χ4v) is 2.78. The van der Waals surface area contributed by atoms with E-state index in [9.17, 15) is 0 Å². The Hall–Kier alpha value is -1.91. The van der Waals surface area contributed by atoms with Gasteiger partial charge in [-0.25, -0.2) is 0 Å². The molecular weight excluding hydrogens is 242 g/mol. The molecular formula is C14H21N3O2. The summed E-state index contributed by atoms with van der Waals surface area (Å²) in [5.74, 6) is 1.54. The molecule has 0 spiro atoms. The fraction of sp³-hybridized carbons (Fsp3) is 0.500. The van der Waals surface area contributed by atoms with Crippen molar-refractivity contribution in [3.05, 3.63) is 23.8 Å². The Morgan fingerprint density at radius 2 is 2.21 bits per heavy atom. The highest BCUT2D eigenvalue weighted by Crippen LogP contribution is 2.33. The lowest BCUT2D eigenvalue weighted by Crippen LogP contribution is -2.29. The molecule has 0 aliphatic carbocycles. The van der Waals surface area contributed by atoms with Crippen LogP contribution in [0.15, 0.2) is 23.4 Å². The Bertz CT molecular complexity index is 488. The SMILES string of the molecule is COc1ccc(/C(N)=N/O)c(N2CC(C)CC2C)c1. The number of anilines is 1. The van der Waals surface area contributed by atoms with Crippen LogP contribution >= 0.6 is 0 Å². The van der Waals surface area contributed by atoms with Crippen LogP contribution in [0.4, 0.5) is 5.69 Å². The summed E-state index contributed by atoms with van der Waals surface area (Å²) in [7, 11) is 1.64. The minimum absolute atomic E-state index is 0.129. The zero-order valence-corrected chi connectivity index (χ0v) is 11.6. The van der Waals surface area contributed by atoms with Gasteiger partial charge in [0.2, 0.25) is 0 Å². The van der Waals surface area contributed by atoms with Crippen LogP contribution in [0.1, 0.15) is 25.8 Å². The lowest BCUT2D eigenvalue weighted by molar-refractivity contribution is 0.318. The molecule has 3 N–H and O–H groups in total. The summed E-state index contributed by atoms with van der Waals surface area (Å²) in [5, 5.41) is 12.0. The molecule has 1 fully saturated rings. The van der Waals surface area contributed by atoms with Crippen molar-refractivity contribution < 1.29 is 9.94 Å². The first-order valence-corrected chi connectivity index (χ1v) is 6.49. The number of hydrogen-bond acceptors (Lipinski definition) is 4. The van der Waals surface area contributed by atoms with Crippen LogP contribution in [0.25, 0.3) is 0 Å². The van der Waals surface area contributed by atoms with Gasteiger partial charge in [-0.3, -0.25) is 0 Å². The van der Waals surface area contributed by atoms with E-state index in [1.807, 2.05) is 18.2 Å². The van der Waals surface area contributed by atoms with Crippen molar-refractivity contribution in [2.24, 2.45) is 16.8 Å². The molecule has 2 atom stereocenters. The molecule has 5 heteroatoms. The average molecular weight is 263 g/mol. The quantitative estimate of drug-likeness (QED) is 0.379. The highest BCUT2D eigenvalue weighted by Gasteiger charge is 2.28. The molecule has 0 saturated carbocycles. The second-order valence-corrected chi connectivity index (χ2v) is 5.21. The van der Waals surface area contributed by atoms with Gasteiger partial charge in [-0.1, -0.05) is 12.1 Å². The molecule has 1 heterocycles. The van der Waals surface area contributed by atoms with Crippen LogP contribution in [0.3, 0.4) is 0 Å². The molecule has 2 rings (SSSR count). The number of hydrogen-bond donors (Lipinski definition) is 2. The minimum atomic E-state index is 0.129. The van der Waals surface area contributed by atoms with Gasteiger partial charge in [-0.15, -0.1) is 0 Å². The molecule has 1 saturated heterocycles. The molecule has 5 nitrogen and oxygen atoms in total. The van der Waals surface area contributed by atoms with E-state index in [1.165, 1.54) is 0 Å². The molecule has 1 aliphatic rings.